The molecule has 0 unspecified atom stereocenters. The number of rotatable bonds is 2. The van der Waals surface area contributed by atoms with Gasteiger partial charge in [0.05, 0.1) is 17.3 Å². The van der Waals surface area contributed by atoms with E-state index in [0.717, 1.165) is 27.9 Å². The highest BCUT2D eigenvalue weighted by atomic mass is 14.7. The second-order valence-electron chi connectivity index (χ2n) is 4.96. The zero-order valence-corrected chi connectivity index (χ0v) is 11.7. The molecular formula is C19H14N2. The van der Waals surface area contributed by atoms with Crippen molar-refractivity contribution in [2.24, 2.45) is 0 Å². The van der Waals surface area contributed by atoms with Crippen molar-refractivity contribution in [1.29, 1.82) is 5.26 Å². The minimum absolute atomic E-state index is 0.667. The second kappa shape index (κ2) is 5.60. The van der Waals surface area contributed by atoms with Crippen molar-refractivity contribution >= 4 is 0 Å². The van der Waals surface area contributed by atoms with Gasteiger partial charge in [0.1, 0.15) is 0 Å². The van der Waals surface area contributed by atoms with Crippen LogP contribution in [0.1, 0.15) is 11.1 Å². The molecule has 0 spiro atoms. The van der Waals surface area contributed by atoms with Gasteiger partial charge in [0, 0.05) is 17.3 Å². The fourth-order valence-electron chi connectivity index (χ4n) is 2.34. The zero-order chi connectivity index (χ0) is 14.7. The average Bonchev–Trinajstić information content (AvgIpc) is 2.56. The Balaban J connectivity index is 2.17. The van der Waals surface area contributed by atoms with Gasteiger partial charge < -0.3 is 0 Å². The number of nitriles is 1. The Bertz CT molecular complexity index is 797. The van der Waals surface area contributed by atoms with Crippen LogP contribution in [0.2, 0.25) is 0 Å². The predicted molar refractivity (Wildman–Crippen MR) is 84.6 cm³/mol. The van der Waals surface area contributed by atoms with E-state index >= 15 is 0 Å². The van der Waals surface area contributed by atoms with Crippen molar-refractivity contribution in [2.75, 3.05) is 0 Å². The molecule has 0 aliphatic heterocycles. The molecule has 0 saturated heterocycles. The molecule has 0 atom stereocenters. The van der Waals surface area contributed by atoms with E-state index in [-0.39, 0.29) is 0 Å². The minimum atomic E-state index is 0.667. The van der Waals surface area contributed by atoms with Gasteiger partial charge in [-0.15, -0.1) is 0 Å². The molecule has 0 amide bonds. The van der Waals surface area contributed by atoms with Gasteiger partial charge >= 0.3 is 0 Å². The summed E-state index contributed by atoms with van der Waals surface area (Å²) >= 11 is 0. The summed E-state index contributed by atoms with van der Waals surface area (Å²) in [6.07, 6.45) is 1.88. The van der Waals surface area contributed by atoms with Gasteiger partial charge in [-0.05, 0) is 36.2 Å². The number of aryl methyl sites for hydroxylation is 1. The molecule has 0 radical (unpaired) electrons. The van der Waals surface area contributed by atoms with E-state index in [1.54, 1.807) is 0 Å². The Morgan fingerprint density at radius 2 is 1.62 bits per heavy atom. The van der Waals surface area contributed by atoms with Crippen LogP contribution in [0, 0.1) is 18.3 Å². The third kappa shape index (κ3) is 2.68. The third-order valence-electron chi connectivity index (χ3n) is 3.40. The van der Waals surface area contributed by atoms with Crippen LogP contribution >= 0.6 is 0 Å². The van der Waals surface area contributed by atoms with Crippen LogP contribution < -0.4 is 0 Å². The van der Waals surface area contributed by atoms with Crippen molar-refractivity contribution in [3.63, 3.8) is 0 Å². The maximum absolute atomic E-state index is 8.91. The summed E-state index contributed by atoms with van der Waals surface area (Å²) in [4.78, 5) is 4.60. The van der Waals surface area contributed by atoms with E-state index in [1.807, 2.05) is 55.6 Å². The number of hydrogen-bond donors (Lipinski definition) is 0. The van der Waals surface area contributed by atoms with Gasteiger partial charge in [-0.3, -0.25) is 4.98 Å². The van der Waals surface area contributed by atoms with Crippen molar-refractivity contribution in [2.45, 2.75) is 6.92 Å². The molecular weight excluding hydrogens is 256 g/mol. The fraction of sp³-hybridized carbons (Fsp3) is 0.0526. The van der Waals surface area contributed by atoms with Crippen LogP contribution in [0.3, 0.4) is 0 Å². The first-order valence-corrected chi connectivity index (χ1v) is 6.80. The molecule has 1 aromatic heterocycles. The molecule has 2 heteroatoms. The molecule has 0 saturated carbocycles. The van der Waals surface area contributed by atoms with Crippen LogP contribution in [-0.4, -0.2) is 4.98 Å². The Morgan fingerprint density at radius 1 is 0.905 bits per heavy atom. The lowest BCUT2D eigenvalue weighted by molar-refractivity contribution is 1.27. The number of benzene rings is 2. The Hall–Kier alpha value is -2.92. The molecule has 0 aliphatic rings. The summed E-state index contributed by atoms with van der Waals surface area (Å²) < 4.78 is 0. The largest absolute Gasteiger partial charge is 0.255 e. The van der Waals surface area contributed by atoms with E-state index in [2.05, 4.69) is 29.3 Å². The molecule has 2 aromatic carbocycles. The van der Waals surface area contributed by atoms with E-state index in [1.165, 1.54) is 0 Å². The summed E-state index contributed by atoms with van der Waals surface area (Å²) in [7, 11) is 0. The quantitative estimate of drug-likeness (QED) is 0.682. The topological polar surface area (TPSA) is 36.7 Å². The first-order valence-electron chi connectivity index (χ1n) is 6.80. The maximum atomic E-state index is 8.91. The van der Waals surface area contributed by atoms with Gasteiger partial charge in [-0.2, -0.15) is 5.26 Å². The number of aromatic nitrogens is 1. The van der Waals surface area contributed by atoms with Gasteiger partial charge in [0.25, 0.3) is 0 Å². The molecule has 0 aliphatic carbocycles. The van der Waals surface area contributed by atoms with Crippen molar-refractivity contribution in [1.82, 2.24) is 4.98 Å². The predicted octanol–water partition coefficient (Wildman–Crippen LogP) is 4.60. The van der Waals surface area contributed by atoms with E-state index < -0.39 is 0 Å². The van der Waals surface area contributed by atoms with E-state index in [0.29, 0.717) is 5.56 Å². The molecule has 0 fully saturated rings. The standard InChI is InChI=1S/C19H14N2/c1-14-11-18(16-9-7-15(12-20)8-10-16)19(21-13-14)17-5-3-2-4-6-17/h2-11,13H,1H3. The number of pyridine rings is 1. The Kier molecular flexibility index (Phi) is 3.49. The van der Waals surface area contributed by atoms with Gasteiger partial charge in [0.2, 0.25) is 0 Å². The summed E-state index contributed by atoms with van der Waals surface area (Å²) in [6, 6.07) is 22.1. The second-order valence-corrected chi connectivity index (χ2v) is 4.96. The van der Waals surface area contributed by atoms with Crippen LogP contribution in [0.4, 0.5) is 0 Å². The average molecular weight is 270 g/mol. The first-order chi connectivity index (χ1) is 10.3. The lowest BCUT2D eigenvalue weighted by atomic mass is 9.97. The zero-order valence-electron chi connectivity index (χ0n) is 11.7. The normalized spacial score (nSPS) is 10.1. The summed E-state index contributed by atoms with van der Waals surface area (Å²) in [5, 5.41) is 8.91. The van der Waals surface area contributed by atoms with Crippen molar-refractivity contribution in [3.05, 3.63) is 78.0 Å². The lowest BCUT2D eigenvalue weighted by Gasteiger charge is -2.10. The number of nitrogens with zero attached hydrogens (tertiary/aromatic N) is 2. The molecule has 2 nitrogen and oxygen atoms in total. The first kappa shape index (κ1) is 13.1. The summed E-state index contributed by atoms with van der Waals surface area (Å²) in [5.74, 6) is 0. The van der Waals surface area contributed by atoms with Crippen LogP contribution in [0.15, 0.2) is 66.9 Å². The van der Waals surface area contributed by atoms with E-state index in [4.69, 9.17) is 5.26 Å². The molecule has 3 rings (SSSR count). The van der Waals surface area contributed by atoms with Crippen LogP contribution in [0.5, 0.6) is 0 Å². The number of hydrogen-bond acceptors (Lipinski definition) is 2. The van der Waals surface area contributed by atoms with Crippen molar-refractivity contribution < 1.29 is 0 Å². The van der Waals surface area contributed by atoms with E-state index in [9.17, 15) is 0 Å². The summed E-state index contributed by atoms with van der Waals surface area (Å²) in [6.45, 7) is 2.04. The molecule has 0 N–H and O–H groups in total. The van der Waals surface area contributed by atoms with Gasteiger partial charge in [0.15, 0.2) is 0 Å². The summed E-state index contributed by atoms with van der Waals surface area (Å²) in [5.41, 5.74) is 6.01. The third-order valence-corrected chi connectivity index (χ3v) is 3.40. The highest BCUT2D eigenvalue weighted by molar-refractivity contribution is 5.81. The molecule has 1 heterocycles. The van der Waals surface area contributed by atoms with Crippen LogP contribution in [0.25, 0.3) is 22.4 Å². The lowest BCUT2D eigenvalue weighted by Crippen LogP contribution is -1.91. The molecule has 100 valence electrons. The van der Waals surface area contributed by atoms with Crippen LogP contribution in [-0.2, 0) is 0 Å². The molecule has 21 heavy (non-hydrogen) atoms. The fourth-order valence-corrected chi connectivity index (χ4v) is 2.34. The van der Waals surface area contributed by atoms with Gasteiger partial charge in [-0.25, -0.2) is 0 Å². The monoisotopic (exact) mass is 270 g/mol. The minimum Gasteiger partial charge on any atom is -0.255 e. The molecule has 0 bridgehead atoms. The molecule has 3 aromatic rings. The smallest absolute Gasteiger partial charge is 0.0991 e. The highest BCUT2D eigenvalue weighted by Crippen LogP contribution is 2.31. The SMILES string of the molecule is Cc1cnc(-c2ccccc2)c(-c2ccc(C#N)cc2)c1. The van der Waals surface area contributed by atoms with Crippen molar-refractivity contribution in [3.8, 4) is 28.5 Å². The maximum Gasteiger partial charge on any atom is 0.0991 e. The van der Waals surface area contributed by atoms with Gasteiger partial charge in [-0.1, -0.05) is 42.5 Å². The Morgan fingerprint density at radius 3 is 2.29 bits per heavy atom. The Labute approximate surface area is 124 Å². The highest BCUT2D eigenvalue weighted by Gasteiger charge is 2.09.